The standard InChI is InChI=1S/C20H17ClN6O3S/c1-12-4-6-15-14(18(12)21)10-16(27(15)2)19(28)25-13-5-7-17(24-11-13)31(29,30)26-20-22-8-3-9-23-20/h3-11H,1-2H3,(H,25,28)(H,22,23,26). The average molecular weight is 457 g/mol. The van der Waals surface area contributed by atoms with Crippen molar-refractivity contribution in [3.63, 3.8) is 0 Å². The Bertz CT molecular complexity index is 1390. The highest BCUT2D eigenvalue weighted by Crippen LogP contribution is 2.29. The lowest BCUT2D eigenvalue weighted by molar-refractivity contribution is 0.101. The van der Waals surface area contributed by atoms with Crippen LogP contribution >= 0.6 is 11.6 Å². The fourth-order valence-electron chi connectivity index (χ4n) is 3.04. The number of aryl methyl sites for hydroxylation is 2. The van der Waals surface area contributed by atoms with E-state index in [1.807, 2.05) is 19.1 Å². The van der Waals surface area contributed by atoms with Gasteiger partial charge in [0.25, 0.3) is 15.9 Å². The van der Waals surface area contributed by atoms with Gasteiger partial charge in [-0.2, -0.15) is 8.42 Å². The van der Waals surface area contributed by atoms with Crippen molar-refractivity contribution in [2.45, 2.75) is 11.9 Å². The van der Waals surface area contributed by atoms with Gasteiger partial charge >= 0.3 is 0 Å². The molecule has 0 saturated heterocycles. The average Bonchev–Trinajstić information content (AvgIpc) is 3.09. The molecule has 0 aliphatic rings. The van der Waals surface area contributed by atoms with E-state index in [1.54, 1.807) is 23.7 Å². The summed E-state index contributed by atoms with van der Waals surface area (Å²) in [4.78, 5) is 24.3. The van der Waals surface area contributed by atoms with Gasteiger partial charge in [0.2, 0.25) is 5.95 Å². The lowest BCUT2D eigenvalue weighted by Crippen LogP contribution is -2.17. The van der Waals surface area contributed by atoms with Crippen molar-refractivity contribution in [3.8, 4) is 0 Å². The monoisotopic (exact) mass is 456 g/mol. The number of nitrogens with zero attached hydrogens (tertiary/aromatic N) is 4. The lowest BCUT2D eigenvalue weighted by Gasteiger charge is -2.08. The van der Waals surface area contributed by atoms with Gasteiger partial charge in [0.15, 0.2) is 5.03 Å². The maximum atomic E-state index is 12.8. The maximum absolute atomic E-state index is 12.8. The van der Waals surface area contributed by atoms with E-state index in [9.17, 15) is 13.2 Å². The summed E-state index contributed by atoms with van der Waals surface area (Å²) in [6, 6.07) is 9.81. The van der Waals surface area contributed by atoms with Crippen LogP contribution in [-0.2, 0) is 17.1 Å². The number of sulfonamides is 1. The van der Waals surface area contributed by atoms with Crippen LogP contribution in [0.1, 0.15) is 16.1 Å². The van der Waals surface area contributed by atoms with Gasteiger partial charge < -0.3 is 9.88 Å². The quantitative estimate of drug-likeness (QED) is 0.475. The Hall–Kier alpha value is -3.50. The van der Waals surface area contributed by atoms with Gasteiger partial charge in [-0.3, -0.25) is 4.79 Å². The van der Waals surface area contributed by atoms with Crippen molar-refractivity contribution in [3.05, 3.63) is 71.3 Å². The molecule has 0 unspecified atom stereocenters. The Morgan fingerprint density at radius 3 is 2.52 bits per heavy atom. The molecule has 0 fully saturated rings. The van der Waals surface area contributed by atoms with E-state index >= 15 is 0 Å². The molecule has 0 saturated carbocycles. The van der Waals surface area contributed by atoms with Gasteiger partial charge in [-0.05, 0) is 42.8 Å². The summed E-state index contributed by atoms with van der Waals surface area (Å²) in [7, 11) is -2.19. The van der Waals surface area contributed by atoms with Crippen LogP contribution in [0, 0.1) is 6.92 Å². The molecule has 9 nitrogen and oxygen atoms in total. The number of halogens is 1. The van der Waals surface area contributed by atoms with Gasteiger partial charge in [-0.1, -0.05) is 17.7 Å². The third kappa shape index (κ3) is 4.07. The number of rotatable bonds is 5. The summed E-state index contributed by atoms with van der Waals surface area (Å²) < 4.78 is 28.8. The molecule has 31 heavy (non-hydrogen) atoms. The van der Waals surface area contributed by atoms with Crippen molar-refractivity contribution >= 4 is 50.1 Å². The minimum Gasteiger partial charge on any atom is -0.340 e. The van der Waals surface area contributed by atoms with E-state index < -0.39 is 10.0 Å². The van der Waals surface area contributed by atoms with Gasteiger partial charge in [-0.15, -0.1) is 0 Å². The SMILES string of the molecule is Cc1ccc2c(cc(C(=O)Nc3ccc(S(=O)(=O)Nc4ncccn4)nc3)n2C)c1Cl. The molecule has 158 valence electrons. The first-order valence-corrected chi connectivity index (χ1v) is 10.9. The van der Waals surface area contributed by atoms with E-state index in [0.29, 0.717) is 16.4 Å². The molecule has 4 rings (SSSR count). The fourth-order valence-corrected chi connectivity index (χ4v) is 4.14. The third-order valence-electron chi connectivity index (χ3n) is 4.65. The zero-order chi connectivity index (χ0) is 22.2. The molecule has 2 N–H and O–H groups in total. The molecule has 3 aromatic heterocycles. The summed E-state index contributed by atoms with van der Waals surface area (Å²) in [5.41, 5.74) is 2.49. The summed E-state index contributed by atoms with van der Waals surface area (Å²) in [6.45, 7) is 1.90. The Morgan fingerprint density at radius 1 is 1.10 bits per heavy atom. The number of carbonyl (C=O) groups is 1. The number of hydrogen-bond donors (Lipinski definition) is 2. The second-order valence-electron chi connectivity index (χ2n) is 6.73. The highest BCUT2D eigenvalue weighted by Gasteiger charge is 2.19. The normalized spacial score (nSPS) is 11.5. The zero-order valence-corrected chi connectivity index (χ0v) is 18.1. The van der Waals surface area contributed by atoms with Crippen LogP contribution in [0.25, 0.3) is 10.9 Å². The smallest absolute Gasteiger partial charge is 0.281 e. The molecule has 1 aromatic carbocycles. The van der Waals surface area contributed by atoms with Gasteiger partial charge in [-0.25, -0.2) is 19.7 Å². The van der Waals surface area contributed by atoms with Crippen molar-refractivity contribution in [2.24, 2.45) is 7.05 Å². The van der Waals surface area contributed by atoms with Crippen LogP contribution < -0.4 is 10.0 Å². The van der Waals surface area contributed by atoms with E-state index in [4.69, 9.17) is 11.6 Å². The van der Waals surface area contributed by atoms with Crippen LogP contribution in [0.15, 0.2) is 60.0 Å². The topological polar surface area (TPSA) is 119 Å². The molecule has 4 aromatic rings. The first-order chi connectivity index (χ1) is 14.8. The second-order valence-corrected chi connectivity index (χ2v) is 8.74. The summed E-state index contributed by atoms with van der Waals surface area (Å²) in [6.07, 6.45) is 4.09. The number of carbonyl (C=O) groups excluding carboxylic acids is 1. The maximum Gasteiger partial charge on any atom is 0.281 e. The highest BCUT2D eigenvalue weighted by atomic mass is 35.5. The van der Waals surface area contributed by atoms with Gasteiger partial charge in [0.05, 0.1) is 16.9 Å². The number of aromatic nitrogens is 4. The Labute approximate surface area is 183 Å². The van der Waals surface area contributed by atoms with Crippen molar-refractivity contribution in [2.75, 3.05) is 10.0 Å². The molecule has 1 amide bonds. The van der Waals surface area contributed by atoms with Crippen molar-refractivity contribution in [1.82, 2.24) is 19.5 Å². The molecular weight excluding hydrogens is 440 g/mol. The van der Waals surface area contributed by atoms with Crippen LogP contribution in [0.3, 0.4) is 0 Å². The fraction of sp³-hybridized carbons (Fsp3) is 0.100. The predicted octanol–water partition coefficient (Wildman–Crippen LogP) is 3.38. The van der Waals surface area contributed by atoms with Gasteiger partial charge in [0.1, 0.15) is 5.69 Å². The number of nitrogens with one attached hydrogen (secondary N) is 2. The molecule has 0 atom stereocenters. The van der Waals surface area contributed by atoms with Crippen molar-refractivity contribution in [1.29, 1.82) is 0 Å². The molecule has 3 heterocycles. The van der Waals surface area contributed by atoms with E-state index in [2.05, 4.69) is 25.0 Å². The van der Waals surface area contributed by atoms with Crippen molar-refractivity contribution < 1.29 is 13.2 Å². The number of pyridine rings is 1. The second kappa shape index (κ2) is 7.97. The zero-order valence-electron chi connectivity index (χ0n) is 16.5. The Morgan fingerprint density at radius 2 is 1.84 bits per heavy atom. The molecule has 0 radical (unpaired) electrons. The summed E-state index contributed by atoms with van der Waals surface area (Å²) in [5.74, 6) is -0.438. The van der Waals surface area contributed by atoms with E-state index in [0.717, 1.165) is 16.5 Å². The number of fused-ring (bicyclic) bond motifs is 1. The number of benzene rings is 1. The largest absolute Gasteiger partial charge is 0.340 e. The number of hydrogen-bond acceptors (Lipinski definition) is 6. The highest BCUT2D eigenvalue weighted by molar-refractivity contribution is 7.92. The van der Waals surface area contributed by atoms with E-state index in [1.165, 1.54) is 30.7 Å². The number of anilines is 2. The molecule has 0 spiro atoms. The van der Waals surface area contributed by atoms with E-state index in [-0.39, 0.29) is 16.9 Å². The molecular formula is C20H17ClN6O3S. The predicted molar refractivity (Wildman–Crippen MR) is 118 cm³/mol. The molecule has 11 heteroatoms. The van der Waals surface area contributed by atoms with Crippen LogP contribution in [0.5, 0.6) is 0 Å². The summed E-state index contributed by atoms with van der Waals surface area (Å²) in [5, 5.41) is 3.86. The minimum absolute atomic E-state index is 0.0636. The molecule has 0 aliphatic heterocycles. The number of amides is 1. The first-order valence-electron chi connectivity index (χ1n) is 9.08. The lowest BCUT2D eigenvalue weighted by atomic mass is 10.2. The van der Waals surface area contributed by atoms with Crippen LogP contribution in [-0.4, -0.2) is 33.8 Å². The molecule has 0 bridgehead atoms. The summed E-state index contributed by atoms with van der Waals surface area (Å²) >= 11 is 6.37. The third-order valence-corrected chi connectivity index (χ3v) is 6.39. The molecule has 0 aliphatic carbocycles. The van der Waals surface area contributed by atoms with Crippen LogP contribution in [0.2, 0.25) is 5.02 Å². The van der Waals surface area contributed by atoms with Crippen LogP contribution in [0.4, 0.5) is 11.6 Å². The minimum atomic E-state index is -3.96. The Kier molecular flexibility index (Phi) is 5.34. The first kappa shape index (κ1) is 20.8. The van der Waals surface area contributed by atoms with Gasteiger partial charge in [0, 0.05) is 30.3 Å². The Balaban J connectivity index is 1.54.